The smallest absolute Gasteiger partial charge is 0.217 e. The summed E-state index contributed by atoms with van der Waals surface area (Å²) in [6.07, 6.45) is 19.2. The Kier molecular flexibility index (Phi) is 7.27. The molecule has 1 N–H and O–H groups in total. The van der Waals surface area contributed by atoms with Crippen molar-refractivity contribution in [2.24, 2.45) is 11.8 Å². The van der Waals surface area contributed by atoms with Gasteiger partial charge in [-0.3, -0.25) is 4.79 Å². The Hall–Kier alpha value is -0.320. The van der Waals surface area contributed by atoms with Crippen LogP contribution in [0, 0.1) is 11.8 Å². The predicted octanol–water partition coefficient (Wildman–Crippen LogP) is 4.79. The molecule has 3 aliphatic carbocycles. The first-order chi connectivity index (χ1) is 10.2. The summed E-state index contributed by atoms with van der Waals surface area (Å²) in [5, 5.41) is 3.09. The number of alkyl halides is 1. The molecule has 2 saturated carbocycles. The lowest BCUT2D eigenvalue weighted by atomic mass is 9.98. The number of amides is 1. The van der Waals surface area contributed by atoms with Gasteiger partial charge in [0.25, 0.3) is 0 Å². The number of halogens is 1. The van der Waals surface area contributed by atoms with Crippen molar-refractivity contribution in [3.63, 3.8) is 0 Å². The summed E-state index contributed by atoms with van der Waals surface area (Å²) in [6, 6.07) is 0.488. The number of hydrogen-bond donors (Lipinski definition) is 1. The summed E-state index contributed by atoms with van der Waals surface area (Å²) < 4.78 is 0.862. The number of hydrogen-bond acceptors (Lipinski definition) is 1. The van der Waals surface area contributed by atoms with Gasteiger partial charge in [0, 0.05) is 16.9 Å². The number of allylic oxidation sites excluding steroid dienone is 4. The molecule has 0 heterocycles. The molecule has 0 aromatic carbocycles. The van der Waals surface area contributed by atoms with Gasteiger partial charge >= 0.3 is 0 Å². The maximum absolute atomic E-state index is 11.0. The van der Waals surface area contributed by atoms with Crippen LogP contribution in [0.4, 0.5) is 0 Å². The van der Waals surface area contributed by atoms with Crippen molar-refractivity contribution in [3.05, 3.63) is 24.3 Å². The molecule has 118 valence electrons. The molecule has 4 atom stereocenters. The average molecular weight is 401 g/mol. The zero-order valence-corrected chi connectivity index (χ0v) is 15.2. The molecule has 0 aromatic heterocycles. The molecule has 0 aliphatic heterocycles. The van der Waals surface area contributed by atoms with Crippen molar-refractivity contribution >= 4 is 28.5 Å². The van der Waals surface area contributed by atoms with Gasteiger partial charge in [0.15, 0.2) is 0 Å². The lowest BCUT2D eigenvalue weighted by molar-refractivity contribution is -0.119. The molecule has 0 spiro atoms. The maximum atomic E-state index is 11.0. The molecule has 0 saturated heterocycles. The van der Waals surface area contributed by atoms with Gasteiger partial charge < -0.3 is 5.32 Å². The fourth-order valence-electron chi connectivity index (χ4n) is 3.83. The standard InChI is InChI=1S/C10H16INO.C8H12/c1-6(13)12-10-5-3-7-8(10)2-4-9(7)11;1-2-4-6-8-7-5-3-1/h7-10H,2-5H2,1H3,(H,12,13);1-2,7-8H,3-6H2/b;2-1-,8-7?. The highest BCUT2D eigenvalue weighted by Crippen LogP contribution is 2.47. The van der Waals surface area contributed by atoms with Crippen LogP contribution < -0.4 is 5.32 Å². The first kappa shape index (κ1) is 17.0. The average Bonchev–Trinajstić information content (AvgIpc) is 2.94. The second kappa shape index (κ2) is 8.96. The molecule has 3 heteroatoms. The van der Waals surface area contributed by atoms with E-state index in [4.69, 9.17) is 0 Å². The molecular formula is C18H28INO. The van der Waals surface area contributed by atoms with E-state index in [0.29, 0.717) is 6.04 Å². The Morgan fingerprint density at radius 3 is 1.95 bits per heavy atom. The SMILES string of the molecule is C1=CCC/C=C\CC1.CC(=O)NC1CCC2C(I)CCC12. The first-order valence-corrected chi connectivity index (χ1v) is 9.64. The Balaban J connectivity index is 0.000000173. The van der Waals surface area contributed by atoms with Crippen molar-refractivity contribution < 1.29 is 4.79 Å². The third kappa shape index (κ3) is 5.42. The van der Waals surface area contributed by atoms with Gasteiger partial charge in [0.1, 0.15) is 0 Å². The van der Waals surface area contributed by atoms with Crippen LogP contribution in [-0.2, 0) is 4.79 Å². The number of carbonyl (C=O) groups excluding carboxylic acids is 1. The van der Waals surface area contributed by atoms with Crippen LogP contribution in [0.1, 0.15) is 58.3 Å². The lowest BCUT2D eigenvalue weighted by Crippen LogP contribution is -2.36. The van der Waals surface area contributed by atoms with Crippen molar-refractivity contribution in [3.8, 4) is 0 Å². The van der Waals surface area contributed by atoms with E-state index in [1.807, 2.05) is 0 Å². The van der Waals surface area contributed by atoms with Crippen LogP contribution >= 0.6 is 22.6 Å². The quantitative estimate of drug-likeness (QED) is 0.382. The molecule has 0 radical (unpaired) electrons. The molecule has 1 amide bonds. The molecule has 0 aromatic rings. The second-order valence-electron chi connectivity index (χ2n) is 6.40. The van der Waals surface area contributed by atoms with Crippen molar-refractivity contribution in [1.82, 2.24) is 5.32 Å². The van der Waals surface area contributed by atoms with Crippen LogP contribution in [0.2, 0.25) is 0 Å². The van der Waals surface area contributed by atoms with Crippen LogP contribution in [-0.4, -0.2) is 15.9 Å². The van der Waals surface area contributed by atoms with E-state index in [9.17, 15) is 4.79 Å². The van der Waals surface area contributed by atoms with Gasteiger partial charge in [-0.05, 0) is 63.2 Å². The minimum atomic E-state index is 0.141. The molecular weight excluding hydrogens is 373 g/mol. The van der Waals surface area contributed by atoms with Gasteiger partial charge in [-0.2, -0.15) is 0 Å². The van der Waals surface area contributed by atoms with Crippen LogP contribution in [0.3, 0.4) is 0 Å². The first-order valence-electron chi connectivity index (χ1n) is 8.39. The lowest BCUT2D eigenvalue weighted by Gasteiger charge is -2.19. The van der Waals surface area contributed by atoms with E-state index in [-0.39, 0.29) is 5.91 Å². The van der Waals surface area contributed by atoms with Crippen molar-refractivity contribution in [2.75, 3.05) is 0 Å². The topological polar surface area (TPSA) is 29.1 Å². The van der Waals surface area contributed by atoms with Gasteiger partial charge in [0.05, 0.1) is 0 Å². The summed E-state index contributed by atoms with van der Waals surface area (Å²) in [5.74, 6) is 1.81. The van der Waals surface area contributed by atoms with Gasteiger partial charge in [-0.15, -0.1) is 0 Å². The van der Waals surface area contributed by atoms with Crippen molar-refractivity contribution in [1.29, 1.82) is 0 Å². The predicted molar refractivity (Wildman–Crippen MR) is 97.6 cm³/mol. The van der Waals surface area contributed by atoms with Gasteiger partial charge in [-0.25, -0.2) is 0 Å². The highest BCUT2D eigenvalue weighted by molar-refractivity contribution is 14.1. The molecule has 2 nitrogen and oxygen atoms in total. The van der Waals surface area contributed by atoms with Crippen LogP contribution in [0.5, 0.6) is 0 Å². The van der Waals surface area contributed by atoms with E-state index in [2.05, 4.69) is 52.2 Å². The van der Waals surface area contributed by atoms with Gasteiger partial charge in [-0.1, -0.05) is 46.9 Å². The highest BCUT2D eigenvalue weighted by Gasteiger charge is 2.43. The van der Waals surface area contributed by atoms with E-state index in [1.54, 1.807) is 6.92 Å². The molecule has 21 heavy (non-hydrogen) atoms. The fraction of sp³-hybridized carbons (Fsp3) is 0.722. The van der Waals surface area contributed by atoms with E-state index >= 15 is 0 Å². The third-order valence-electron chi connectivity index (χ3n) is 4.84. The third-order valence-corrected chi connectivity index (χ3v) is 6.39. The van der Waals surface area contributed by atoms with Crippen LogP contribution in [0.25, 0.3) is 0 Å². The van der Waals surface area contributed by atoms with Crippen LogP contribution in [0.15, 0.2) is 24.3 Å². The molecule has 0 bridgehead atoms. The molecule has 3 rings (SSSR count). The van der Waals surface area contributed by atoms with E-state index < -0.39 is 0 Å². The summed E-state index contributed by atoms with van der Waals surface area (Å²) in [6.45, 7) is 1.63. The Bertz CT molecular complexity index is 365. The number of nitrogens with one attached hydrogen (secondary N) is 1. The number of carbonyl (C=O) groups is 1. The molecule has 3 aliphatic rings. The van der Waals surface area contributed by atoms with Gasteiger partial charge in [0.2, 0.25) is 5.91 Å². The second-order valence-corrected chi connectivity index (χ2v) is 8.00. The van der Waals surface area contributed by atoms with E-state index in [0.717, 1.165) is 15.8 Å². The minimum absolute atomic E-state index is 0.141. The number of rotatable bonds is 1. The van der Waals surface area contributed by atoms with Crippen molar-refractivity contribution in [2.45, 2.75) is 68.3 Å². The zero-order valence-electron chi connectivity index (χ0n) is 13.1. The Morgan fingerprint density at radius 1 is 0.905 bits per heavy atom. The van der Waals surface area contributed by atoms with E-state index in [1.165, 1.54) is 51.4 Å². The highest BCUT2D eigenvalue weighted by atomic mass is 127. The largest absolute Gasteiger partial charge is 0.353 e. The molecule has 4 unspecified atom stereocenters. The summed E-state index contributed by atoms with van der Waals surface area (Å²) in [5.41, 5.74) is 0. The number of fused-ring (bicyclic) bond motifs is 1. The zero-order chi connectivity index (χ0) is 15.1. The Morgan fingerprint density at radius 2 is 1.43 bits per heavy atom. The molecule has 2 fully saturated rings. The summed E-state index contributed by atoms with van der Waals surface area (Å²) >= 11 is 2.58. The minimum Gasteiger partial charge on any atom is -0.353 e. The maximum Gasteiger partial charge on any atom is 0.217 e. The normalized spacial score (nSPS) is 35.9. The summed E-state index contributed by atoms with van der Waals surface area (Å²) in [4.78, 5) is 11.0. The monoisotopic (exact) mass is 401 g/mol. The summed E-state index contributed by atoms with van der Waals surface area (Å²) in [7, 11) is 0. The fourth-order valence-corrected chi connectivity index (χ4v) is 5.08. The Labute approximate surface area is 143 Å².